The van der Waals surface area contributed by atoms with Gasteiger partial charge in [-0.05, 0) is 43.1 Å². The standard InChI is InChI=1S/C23H25N7O2/c24-22-21(23(32)29-18-7-3-9-26-13-18)30-19(14-27-22)16-5-1-6-17(11-16)28-20(31)10-15-4-2-8-25-12-15/h1-2,4-6,8,11-12,14,18,26H,3,7,9-10,13H2,(H2,24,27)(H,28,31)(H,29,32). The van der Waals surface area contributed by atoms with E-state index in [-0.39, 0.29) is 35.8 Å². The van der Waals surface area contributed by atoms with Crippen LogP contribution in [-0.2, 0) is 11.2 Å². The van der Waals surface area contributed by atoms with Gasteiger partial charge in [0.05, 0.1) is 18.3 Å². The van der Waals surface area contributed by atoms with Crippen LogP contribution in [0, 0.1) is 0 Å². The summed E-state index contributed by atoms with van der Waals surface area (Å²) in [5.41, 5.74) is 8.68. The Hall–Kier alpha value is -3.85. The van der Waals surface area contributed by atoms with E-state index in [9.17, 15) is 9.59 Å². The van der Waals surface area contributed by atoms with Crippen molar-refractivity contribution < 1.29 is 9.59 Å². The average molecular weight is 432 g/mol. The predicted molar refractivity (Wildman–Crippen MR) is 122 cm³/mol. The Labute approximate surface area is 185 Å². The van der Waals surface area contributed by atoms with Crippen LogP contribution in [0.5, 0.6) is 0 Å². The Morgan fingerprint density at radius 2 is 2.09 bits per heavy atom. The van der Waals surface area contributed by atoms with Gasteiger partial charge in [0, 0.05) is 36.2 Å². The molecule has 1 saturated heterocycles. The maximum atomic E-state index is 12.7. The van der Waals surface area contributed by atoms with Crippen molar-refractivity contribution in [2.24, 2.45) is 0 Å². The summed E-state index contributed by atoms with van der Waals surface area (Å²) in [7, 11) is 0. The van der Waals surface area contributed by atoms with Crippen molar-refractivity contribution in [2.45, 2.75) is 25.3 Å². The first-order valence-corrected chi connectivity index (χ1v) is 10.5. The molecule has 0 aliphatic carbocycles. The Bertz CT molecular complexity index is 1100. The van der Waals surface area contributed by atoms with E-state index in [4.69, 9.17) is 5.73 Å². The van der Waals surface area contributed by atoms with Gasteiger partial charge >= 0.3 is 0 Å². The highest BCUT2D eigenvalue weighted by Crippen LogP contribution is 2.22. The molecule has 9 heteroatoms. The minimum absolute atomic E-state index is 0.0412. The number of hydrogen-bond donors (Lipinski definition) is 4. The number of rotatable bonds is 6. The molecule has 3 heterocycles. The van der Waals surface area contributed by atoms with E-state index in [2.05, 4.69) is 30.9 Å². The molecule has 1 atom stereocenters. The molecule has 1 aromatic carbocycles. The van der Waals surface area contributed by atoms with Crippen LogP contribution in [0.4, 0.5) is 11.5 Å². The second kappa shape index (κ2) is 9.97. The molecule has 2 aromatic heterocycles. The zero-order valence-electron chi connectivity index (χ0n) is 17.5. The van der Waals surface area contributed by atoms with Crippen molar-refractivity contribution in [1.29, 1.82) is 0 Å². The van der Waals surface area contributed by atoms with Crippen molar-refractivity contribution in [2.75, 3.05) is 24.1 Å². The van der Waals surface area contributed by atoms with E-state index in [1.807, 2.05) is 12.1 Å². The van der Waals surface area contributed by atoms with Crippen molar-refractivity contribution in [3.05, 3.63) is 66.2 Å². The third-order valence-electron chi connectivity index (χ3n) is 5.18. The molecule has 1 aliphatic rings. The number of pyridine rings is 1. The lowest BCUT2D eigenvalue weighted by molar-refractivity contribution is -0.115. The van der Waals surface area contributed by atoms with Gasteiger partial charge in [0.2, 0.25) is 5.91 Å². The van der Waals surface area contributed by atoms with E-state index in [0.29, 0.717) is 16.9 Å². The third kappa shape index (κ3) is 5.44. The van der Waals surface area contributed by atoms with Crippen LogP contribution in [0.2, 0.25) is 0 Å². The molecule has 3 aromatic rings. The molecule has 9 nitrogen and oxygen atoms in total. The fraction of sp³-hybridized carbons (Fsp3) is 0.261. The highest BCUT2D eigenvalue weighted by molar-refractivity contribution is 5.97. The maximum Gasteiger partial charge on any atom is 0.274 e. The monoisotopic (exact) mass is 431 g/mol. The molecule has 0 radical (unpaired) electrons. The maximum absolute atomic E-state index is 12.7. The number of amides is 2. The SMILES string of the molecule is Nc1ncc(-c2cccc(NC(=O)Cc3cccnc3)c2)nc1C(=O)NC1CCCNC1. The second-order valence-electron chi connectivity index (χ2n) is 7.67. The number of nitrogen functional groups attached to an aromatic ring is 1. The summed E-state index contributed by atoms with van der Waals surface area (Å²) in [6.07, 6.45) is 6.98. The number of anilines is 2. The van der Waals surface area contributed by atoms with Crippen molar-refractivity contribution in [3.63, 3.8) is 0 Å². The fourth-order valence-corrected chi connectivity index (χ4v) is 3.58. The predicted octanol–water partition coefficient (Wildman–Crippen LogP) is 1.78. The Morgan fingerprint density at radius 3 is 2.88 bits per heavy atom. The Morgan fingerprint density at radius 1 is 1.19 bits per heavy atom. The van der Waals surface area contributed by atoms with E-state index in [1.54, 1.807) is 36.7 Å². The molecular formula is C23H25N7O2. The number of carbonyl (C=O) groups is 2. The first-order valence-electron chi connectivity index (χ1n) is 10.5. The van der Waals surface area contributed by atoms with Crippen LogP contribution in [0.3, 0.4) is 0 Å². The lowest BCUT2D eigenvalue weighted by atomic mass is 10.1. The normalized spacial score (nSPS) is 15.7. The third-order valence-corrected chi connectivity index (χ3v) is 5.18. The van der Waals surface area contributed by atoms with E-state index < -0.39 is 0 Å². The lowest BCUT2D eigenvalue weighted by Crippen LogP contribution is -2.46. The van der Waals surface area contributed by atoms with Crippen LogP contribution < -0.4 is 21.7 Å². The topological polar surface area (TPSA) is 135 Å². The summed E-state index contributed by atoms with van der Waals surface area (Å²) in [6.45, 7) is 1.68. The number of aromatic nitrogens is 3. The molecule has 1 aliphatic heterocycles. The Balaban J connectivity index is 1.48. The summed E-state index contributed by atoms with van der Waals surface area (Å²) >= 11 is 0. The molecule has 1 fully saturated rings. The molecule has 4 rings (SSSR count). The van der Waals surface area contributed by atoms with Gasteiger partial charge in [-0.2, -0.15) is 0 Å². The van der Waals surface area contributed by atoms with Gasteiger partial charge in [0.15, 0.2) is 11.5 Å². The largest absolute Gasteiger partial charge is 0.382 e. The van der Waals surface area contributed by atoms with Gasteiger partial charge in [-0.15, -0.1) is 0 Å². The molecule has 5 N–H and O–H groups in total. The number of nitrogens with one attached hydrogen (secondary N) is 3. The molecular weight excluding hydrogens is 406 g/mol. The number of carbonyl (C=O) groups excluding carboxylic acids is 2. The van der Waals surface area contributed by atoms with Crippen LogP contribution in [0.1, 0.15) is 28.9 Å². The van der Waals surface area contributed by atoms with Gasteiger partial charge in [-0.25, -0.2) is 9.97 Å². The smallest absolute Gasteiger partial charge is 0.274 e. The summed E-state index contributed by atoms with van der Waals surface area (Å²) in [5.74, 6) is -0.415. The zero-order chi connectivity index (χ0) is 22.3. The van der Waals surface area contributed by atoms with Gasteiger partial charge in [-0.1, -0.05) is 18.2 Å². The molecule has 0 bridgehead atoms. The van der Waals surface area contributed by atoms with E-state index >= 15 is 0 Å². The first-order chi connectivity index (χ1) is 15.6. The van der Waals surface area contributed by atoms with Crippen LogP contribution in [0.25, 0.3) is 11.3 Å². The average Bonchev–Trinajstić information content (AvgIpc) is 2.81. The summed E-state index contributed by atoms with van der Waals surface area (Å²) in [4.78, 5) is 37.7. The number of hydrogen-bond acceptors (Lipinski definition) is 7. The number of piperidine rings is 1. The van der Waals surface area contributed by atoms with Crippen molar-refractivity contribution in [3.8, 4) is 11.3 Å². The van der Waals surface area contributed by atoms with Crippen molar-refractivity contribution in [1.82, 2.24) is 25.6 Å². The number of nitrogens with zero attached hydrogens (tertiary/aromatic N) is 3. The number of benzene rings is 1. The zero-order valence-corrected chi connectivity index (χ0v) is 17.5. The van der Waals surface area contributed by atoms with E-state index in [0.717, 1.165) is 31.5 Å². The molecule has 0 spiro atoms. The minimum atomic E-state index is -0.341. The molecule has 164 valence electrons. The van der Waals surface area contributed by atoms with Crippen LogP contribution >= 0.6 is 0 Å². The second-order valence-corrected chi connectivity index (χ2v) is 7.67. The quantitative estimate of drug-likeness (QED) is 0.467. The Kier molecular flexibility index (Phi) is 6.66. The summed E-state index contributed by atoms with van der Waals surface area (Å²) in [5, 5.41) is 9.11. The van der Waals surface area contributed by atoms with Gasteiger partial charge in [0.25, 0.3) is 5.91 Å². The minimum Gasteiger partial charge on any atom is -0.382 e. The highest BCUT2D eigenvalue weighted by atomic mass is 16.2. The summed E-state index contributed by atoms with van der Waals surface area (Å²) in [6, 6.07) is 10.9. The van der Waals surface area contributed by atoms with Gasteiger partial charge in [0.1, 0.15) is 0 Å². The van der Waals surface area contributed by atoms with Crippen molar-refractivity contribution >= 4 is 23.3 Å². The van der Waals surface area contributed by atoms with Crippen LogP contribution in [-0.4, -0.2) is 45.9 Å². The summed E-state index contributed by atoms with van der Waals surface area (Å²) < 4.78 is 0. The highest BCUT2D eigenvalue weighted by Gasteiger charge is 2.20. The molecule has 2 amide bonds. The number of nitrogens with two attached hydrogens (primary N) is 1. The molecule has 32 heavy (non-hydrogen) atoms. The molecule has 1 unspecified atom stereocenters. The van der Waals surface area contributed by atoms with E-state index in [1.165, 1.54) is 6.20 Å². The van der Waals surface area contributed by atoms with Gasteiger partial charge in [-0.3, -0.25) is 14.6 Å². The first kappa shape index (κ1) is 21.4. The van der Waals surface area contributed by atoms with Crippen LogP contribution in [0.15, 0.2) is 55.0 Å². The van der Waals surface area contributed by atoms with Gasteiger partial charge < -0.3 is 21.7 Å². The fourth-order valence-electron chi connectivity index (χ4n) is 3.58. The lowest BCUT2D eigenvalue weighted by Gasteiger charge is -2.23. The molecule has 0 saturated carbocycles.